The van der Waals surface area contributed by atoms with Gasteiger partial charge in [-0.2, -0.15) is 0 Å². The first kappa shape index (κ1) is 12.2. The summed E-state index contributed by atoms with van der Waals surface area (Å²) in [5, 5.41) is 1.65. The summed E-state index contributed by atoms with van der Waals surface area (Å²) in [6.07, 6.45) is 1.48. The maximum Gasteiger partial charge on any atom is 0.265 e. The lowest BCUT2D eigenvalue weighted by molar-refractivity contribution is 0.963. The van der Waals surface area contributed by atoms with Gasteiger partial charge in [-0.25, -0.2) is 4.98 Å². The Kier molecular flexibility index (Phi) is 3.01. The van der Waals surface area contributed by atoms with Gasteiger partial charge in [0.1, 0.15) is 6.33 Å². The number of fused-ring (bicyclic) bond motifs is 1. The summed E-state index contributed by atoms with van der Waals surface area (Å²) in [4.78, 5) is 16.6. The smallest absolute Gasteiger partial charge is 0.265 e. The van der Waals surface area contributed by atoms with Crippen molar-refractivity contribution in [1.29, 1.82) is 0 Å². The quantitative estimate of drug-likeness (QED) is 0.685. The predicted octanol–water partition coefficient (Wildman–Crippen LogP) is 3.69. The van der Waals surface area contributed by atoms with E-state index in [1.807, 2.05) is 0 Å². The molecule has 2 aromatic carbocycles. The molecule has 3 nitrogen and oxygen atoms in total. The van der Waals surface area contributed by atoms with E-state index in [4.69, 9.17) is 23.2 Å². The van der Waals surface area contributed by atoms with Crippen LogP contribution in [0.3, 0.4) is 0 Å². The molecular weight excluding hydrogens is 283 g/mol. The number of hydrogen-bond donors (Lipinski definition) is 0. The van der Waals surface area contributed by atoms with E-state index in [0.717, 1.165) is 0 Å². The summed E-state index contributed by atoms with van der Waals surface area (Å²) in [5.41, 5.74) is 1.11. The van der Waals surface area contributed by atoms with Gasteiger partial charge in [0.25, 0.3) is 5.56 Å². The molecule has 0 aliphatic rings. The van der Waals surface area contributed by atoms with Gasteiger partial charge in [-0.05, 0) is 36.4 Å². The molecule has 19 heavy (non-hydrogen) atoms. The van der Waals surface area contributed by atoms with E-state index < -0.39 is 0 Å². The first-order valence-corrected chi connectivity index (χ1v) is 6.33. The summed E-state index contributed by atoms with van der Waals surface area (Å²) < 4.78 is 1.46. The zero-order valence-electron chi connectivity index (χ0n) is 9.68. The van der Waals surface area contributed by atoms with Crippen LogP contribution in [0.25, 0.3) is 16.6 Å². The predicted molar refractivity (Wildman–Crippen MR) is 77.4 cm³/mol. The lowest BCUT2D eigenvalue weighted by atomic mass is 10.2. The molecule has 1 aromatic heterocycles. The van der Waals surface area contributed by atoms with Gasteiger partial charge < -0.3 is 0 Å². The summed E-state index contributed by atoms with van der Waals surface area (Å²) in [5.74, 6) is 0. The van der Waals surface area contributed by atoms with Crippen LogP contribution in [-0.2, 0) is 0 Å². The molecule has 0 aliphatic carbocycles. The topological polar surface area (TPSA) is 34.9 Å². The maximum atomic E-state index is 12.4. The Labute approximate surface area is 119 Å². The number of halogens is 2. The molecule has 0 N–H and O–H groups in total. The molecular formula is C14H8Cl2N2O. The van der Waals surface area contributed by atoms with Crippen molar-refractivity contribution in [1.82, 2.24) is 9.55 Å². The molecule has 0 amide bonds. The molecule has 1 heterocycles. The molecule has 0 saturated heterocycles. The third-order valence-corrected chi connectivity index (χ3v) is 3.28. The largest absolute Gasteiger partial charge is 0.268 e. The average Bonchev–Trinajstić information content (AvgIpc) is 2.39. The minimum Gasteiger partial charge on any atom is -0.268 e. The maximum absolute atomic E-state index is 12.4. The Bertz CT molecular complexity index is 827. The fourth-order valence-electron chi connectivity index (χ4n) is 1.90. The van der Waals surface area contributed by atoms with Crippen molar-refractivity contribution in [3.05, 3.63) is 69.2 Å². The van der Waals surface area contributed by atoms with Gasteiger partial charge in [0.05, 0.1) is 16.6 Å². The van der Waals surface area contributed by atoms with E-state index in [1.165, 1.54) is 10.9 Å². The Balaban J connectivity index is 2.29. The van der Waals surface area contributed by atoms with Gasteiger partial charge in [-0.1, -0.05) is 29.3 Å². The number of hydrogen-bond acceptors (Lipinski definition) is 2. The molecule has 0 bridgehead atoms. The van der Waals surface area contributed by atoms with Crippen LogP contribution in [0.5, 0.6) is 0 Å². The van der Waals surface area contributed by atoms with Crippen molar-refractivity contribution < 1.29 is 0 Å². The molecule has 94 valence electrons. The molecule has 3 rings (SSSR count). The van der Waals surface area contributed by atoms with Crippen LogP contribution in [0.2, 0.25) is 10.0 Å². The van der Waals surface area contributed by atoms with Crippen LogP contribution in [0.15, 0.2) is 53.6 Å². The summed E-state index contributed by atoms with van der Waals surface area (Å²) in [7, 11) is 0. The van der Waals surface area contributed by atoms with E-state index in [9.17, 15) is 4.79 Å². The second-order valence-corrected chi connectivity index (χ2v) is 4.93. The molecule has 0 aliphatic heterocycles. The summed E-state index contributed by atoms with van der Waals surface area (Å²) in [6, 6.07) is 12.1. The number of rotatable bonds is 1. The van der Waals surface area contributed by atoms with E-state index in [-0.39, 0.29) is 5.56 Å². The van der Waals surface area contributed by atoms with E-state index in [1.54, 1.807) is 42.5 Å². The number of benzene rings is 2. The third kappa shape index (κ3) is 2.23. The molecule has 0 atom stereocenters. The van der Waals surface area contributed by atoms with Gasteiger partial charge in [0.2, 0.25) is 0 Å². The monoisotopic (exact) mass is 290 g/mol. The van der Waals surface area contributed by atoms with E-state index >= 15 is 0 Å². The molecule has 0 saturated carbocycles. The van der Waals surface area contributed by atoms with Crippen molar-refractivity contribution in [3.63, 3.8) is 0 Å². The third-order valence-electron chi connectivity index (χ3n) is 2.81. The van der Waals surface area contributed by atoms with Crippen molar-refractivity contribution in [2.75, 3.05) is 0 Å². The first-order chi connectivity index (χ1) is 9.15. The molecule has 5 heteroatoms. The van der Waals surface area contributed by atoms with Crippen LogP contribution >= 0.6 is 23.2 Å². The minimum absolute atomic E-state index is 0.149. The highest BCUT2D eigenvalue weighted by Crippen LogP contribution is 2.17. The van der Waals surface area contributed by atoms with Crippen molar-refractivity contribution in [2.45, 2.75) is 0 Å². The highest BCUT2D eigenvalue weighted by molar-refractivity contribution is 6.31. The lowest BCUT2D eigenvalue weighted by Crippen LogP contribution is -2.18. The molecule has 3 aromatic rings. The van der Waals surface area contributed by atoms with Gasteiger partial charge in [0.15, 0.2) is 0 Å². The number of nitrogens with zero attached hydrogens (tertiary/aromatic N) is 2. The number of aromatic nitrogens is 2. The van der Waals surface area contributed by atoms with Crippen LogP contribution in [0, 0.1) is 0 Å². The highest BCUT2D eigenvalue weighted by Gasteiger charge is 2.06. The molecule has 0 spiro atoms. The Morgan fingerprint density at radius 2 is 1.79 bits per heavy atom. The Morgan fingerprint density at radius 3 is 2.58 bits per heavy atom. The standard InChI is InChI=1S/C14H8Cl2N2O/c15-9-2-1-3-11(6-9)18-8-17-13-7-10(16)4-5-12(13)14(18)19/h1-8H. The fourth-order valence-corrected chi connectivity index (χ4v) is 2.26. The van der Waals surface area contributed by atoms with Crippen LogP contribution < -0.4 is 5.56 Å². The fraction of sp³-hybridized carbons (Fsp3) is 0. The van der Waals surface area contributed by atoms with Crippen molar-refractivity contribution in [3.8, 4) is 5.69 Å². The molecule has 0 unspecified atom stereocenters. The van der Waals surface area contributed by atoms with Crippen LogP contribution in [-0.4, -0.2) is 9.55 Å². The molecule has 0 radical (unpaired) electrons. The average molecular weight is 291 g/mol. The Hall–Kier alpha value is -1.84. The van der Waals surface area contributed by atoms with Gasteiger partial charge >= 0.3 is 0 Å². The van der Waals surface area contributed by atoms with Gasteiger partial charge in [0, 0.05) is 10.0 Å². The second-order valence-electron chi connectivity index (χ2n) is 4.06. The van der Waals surface area contributed by atoms with Crippen LogP contribution in [0.1, 0.15) is 0 Å². The first-order valence-electron chi connectivity index (χ1n) is 5.58. The van der Waals surface area contributed by atoms with Crippen LogP contribution in [0.4, 0.5) is 0 Å². The van der Waals surface area contributed by atoms with Gasteiger partial charge in [-0.3, -0.25) is 9.36 Å². The zero-order valence-corrected chi connectivity index (χ0v) is 11.2. The zero-order chi connectivity index (χ0) is 13.4. The summed E-state index contributed by atoms with van der Waals surface area (Å²) >= 11 is 11.8. The second kappa shape index (κ2) is 4.68. The highest BCUT2D eigenvalue weighted by atomic mass is 35.5. The lowest BCUT2D eigenvalue weighted by Gasteiger charge is -2.07. The Morgan fingerprint density at radius 1 is 1.00 bits per heavy atom. The molecule has 0 fully saturated rings. The van der Waals surface area contributed by atoms with Gasteiger partial charge in [-0.15, -0.1) is 0 Å². The SMILES string of the molecule is O=c1c2ccc(Cl)cc2ncn1-c1cccc(Cl)c1. The minimum atomic E-state index is -0.149. The van der Waals surface area contributed by atoms with Crippen molar-refractivity contribution >= 4 is 34.1 Å². The normalized spacial score (nSPS) is 10.8. The van der Waals surface area contributed by atoms with E-state index in [2.05, 4.69) is 4.98 Å². The van der Waals surface area contributed by atoms with E-state index in [0.29, 0.717) is 26.6 Å². The summed E-state index contributed by atoms with van der Waals surface area (Å²) in [6.45, 7) is 0. The van der Waals surface area contributed by atoms with Crippen molar-refractivity contribution in [2.24, 2.45) is 0 Å².